The van der Waals surface area contributed by atoms with E-state index in [9.17, 15) is 0 Å². The first-order valence-corrected chi connectivity index (χ1v) is 6.65. The third-order valence-corrected chi connectivity index (χ3v) is 3.49. The highest BCUT2D eigenvalue weighted by molar-refractivity contribution is 14.1. The van der Waals surface area contributed by atoms with Crippen molar-refractivity contribution < 1.29 is 4.74 Å². The highest BCUT2D eigenvalue weighted by Gasteiger charge is 2.28. The van der Waals surface area contributed by atoms with Gasteiger partial charge in [-0.1, -0.05) is 19.3 Å². The minimum absolute atomic E-state index is 0.176. The van der Waals surface area contributed by atoms with Gasteiger partial charge in [-0.15, -0.1) is 0 Å². The van der Waals surface area contributed by atoms with E-state index in [-0.39, 0.29) is 5.54 Å². The van der Waals surface area contributed by atoms with Crippen LogP contribution in [0.2, 0.25) is 0 Å². The van der Waals surface area contributed by atoms with Crippen LogP contribution >= 0.6 is 22.6 Å². The molecule has 0 unspecified atom stereocenters. The third-order valence-electron chi connectivity index (χ3n) is 2.93. The Morgan fingerprint density at radius 1 is 1.25 bits per heavy atom. The van der Waals surface area contributed by atoms with Crippen molar-refractivity contribution in [1.82, 2.24) is 9.97 Å². The molecular formula is C11H16IN3O. The van der Waals surface area contributed by atoms with Crippen LogP contribution in [-0.2, 0) is 0 Å². The molecule has 0 aromatic carbocycles. The molecule has 0 radical (unpaired) electrons. The van der Waals surface area contributed by atoms with E-state index in [4.69, 9.17) is 10.5 Å². The van der Waals surface area contributed by atoms with E-state index >= 15 is 0 Å². The second-order valence-corrected chi connectivity index (χ2v) is 5.64. The lowest BCUT2D eigenvalue weighted by Gasteiger charge is -2.32. The molecule has 0 saturated heterocycles. The number of aromatic nitrogens is 2. The predicted octanol–water partition coefficient (Wildman–Crippen LogP) is 2.12. The van der Waals surface area contributed by atoms with E-state index in [1.165, 1.54) is 19.3 Å². The van der Waals surface area contributed by atoms with Crippen molar-refractivity contribution in [3.63, 3.8) is 0 Å². The van der Waals surface area contributed by atoms with Crippen molar-refractivity contribution >= 4 is 22.6 Å². The first kappa shape index (κ1) is 12.0. The van der Waals surface area contributed by atoms with E-state index < -0.39 is 0 Å². The monoisotopic (exact) mass is 333 g/mol. The van der Waals surface area contributed by atoms with Gasteiger partial charge in [-0.3, -0.25) is 0 Å². The normalized spacial score (nSPS) is 19.4. The van der Waals surface area contributed by atoms with Gasteiger partial charge < -0.3 is 10.5 Å². The molecule has 1 aliphatic carbocycles. The summed E-state index contributed by atoms with van der Waals surface area (Å²) >= 11 is 2.17. The first-order chi connectivity index (χ1) is 7.68. The van der Waals surface area contributed by atoms with Crippen molar-refractivity contribution in [2.45, 2.75) is 37.6 Å². The van der Waals surface area contributed by atoms with Gasteiger partial charge in [-0.05, 0) is 35.4 Å². The molecule has 1 heterocycles. The van der Waals surface area contributed by atoms with Gasteiger partial charge in [0.15, 0.2) is 0 Å². The fraction of sp³-hybridized carbons (Fsp3) is 0.636. The summed E-state index contributed by atoms with van der Waals surface area (Å²) in [5.74, 6) is 0. The zero-order valence-electron chi connectivity index (χ0n) is 9.16. The fourth-order valence-corrected chi connectivity index (χ4v) is 2.26. The third kappa shape index (κ3) is 3.28. The Hall–Kier alpha value is -0.430. The number of hydrogen-bond acceptors (Lipinski definition) is 4. The van der Waals surface area contributed by atoms with E-state index in [1.807, 2.05) is 0 Å². The van der Waals surface area contributed by atoms with Crippen molar-refractivity contribution in [2.24, 2.45) is 5.73 Å². The van der Waals surface area contributed by atoms with Gasteiger partial charge in [0.05, 0.1) is 5.54 Å². The zero-order valence-corrected chi connectivity index (χ0v) is 11.3. The fourth-order valence-electron chi connectivity index (χ4n) is 1.98. The molecule has 5 heteroatoms. The van der Waals surface area contributed by atoms with E-state index in [0.29, 0.717) is 12.6 Å². The Balaban J connectivity index is 1.88. The van der Waals surface area contributed by atoms with Crippen LogP contribution in [0.25, 0.3) is 0 Å². The summed E-state index contributed by atoms with van der Waals surface area (Å²) in [6, 6.07) is 0.427. The highest BCUT2D eigenvalue weighted by Crippen LogP contribution is 2.26. The largest absolute Gasteiger partial charge is 0.462 e. The summed E-state index contributed by atoms with van der Waals surface area (Å²) in [4.78, 5) is 8.19. The molecule has 2 rings (SSSR count). The average molecular weight is 333 g/mol. The van der Waals surface area contributed by atoms with Crippen LogP contribution in [0.3, 0.4) is 0 Å². The number of nitrogens with two attached hydrogens (primary N) is 1. The van der Waals surface area contributed by atoms with Gasteiger partial charge in [-0.2, -0.15) is 0 Å². The van der Waals surface area contributed by atoms with Crippen LogP contribution < -0.4 is 10.5 Å². The molecule has 16 heavy (non-hydrogen) atoms. The lowest BCUT2D eigenvalue weighted by molar-refractivity contribution is 0.164. The Morgan fingerprint density at radius 3 is 2.50 bits per heavy atom. The molecule has 1 aromatic heterocycles. The van der Waals surface area contributed by atoms with E-state index in [2.05, 4.69) is 32.6 Å². The topological polar surface area (TPSA) is 61.0 Å². The zero-order chi connectivity index (χ0) is 11.4. The van der Waals surface area contributed by atoms with Crippen LogP contribution in [0.5, 0.6) is 6.01 Å². The minimum Gasteiger partial charge on any atom is -0.462 e. The Kier molecular flexibility index (Phi) is 3.96. The lowest BCUT2D eigenvalue weighted by atomic mass is 9.83. The van der Waals surface area contributed by atoms with Gasteiger partial charge in [0, 0.05) is 16.0 Å². The maximum Gasteiger partial charge on any atom is 0.316 e. The SMILES string of the molecule is NC1(COc2ncc(I)cn2)CCCCC1. The highest BCUT2D eigenvalue weighted by atomic mass is 127. The molecule has 1 saturated carbocycles. The summed E-state index contributed by atoms with van der Waals surface area (Å²) in [5, 5.41) is 0. The summed E-state index contributed by atoms with van der Waals surface area (Å²) in [7, 11) is 0. The number of hydrogen-bond donors (Lipinski definition) is 1. The Morgan fingerprint density at radius 2 is 1.88 bits per heavy atom. The molecule has 1 aromatic rings. The number of rotatable bonds is 3. The Bertz CT molecular complexity index is 336. The molecule has 0 aliphatic heterocycles. The standard InChI is InChI=1S/C11H16IN3O/c12-9-6-14-10(15-7-9)16-8-11(13)4-2-1-3-5-11/h6-7H,1-5,8,13H2. The van der Waals surface area contributed by atoms with Crippen LogP contribution in [0, 0.1) is 3.57 Å². The molecule has 1 fully saturated rings. The second-order valence-electron chi connectivity index (χ2n) is 4.40. The van der Waals surface area contributed by atoms with E-state index in [0.717, 1.165) is 16.4 Å². The summed E-state index contributed by atoms with van der Waals surface area (Å²) in [6.45, 7) is 0.521. The molecule has 0 amide bonds. The van der Waals surface area contributed by atoms with Crippen LogP contribution in [-0.4, -0.2) is 22.1 Å². The molecule has 1 aliphatic rings. The van der Waals surface area contributed by atoms with Gasteiger partial charge in [0.1, 0.15) is 6.61 Å². The average Bonchev–Trinajstić information content (AvgIpc) is 2.29. The van der Waals surface area contributed by atoms with Gasteiger partial charge in [0.2, 0.25) is 0 Å². The predicted molar refractivity (Wildman–Crippen MR) is 70.2 cm³/mol. The molecular weight excluding hydrogens is 317 g/mol. The molecule has 0 bridgehead atoms. The number of ether oxygens (including phenoxy) is 1. The summed E-state index contributed by atoms with van der Waals surface area (Å²) in [6.07, 6.45) is 9.26. The van der Waals surface area contributed by atoms with Gasteiger partial charge in [-0.25, -0.2) is 9.97 Å². The maximum atomic E-state index is 6.25. The molecule has 0 atom stereocenters. The van der Waals surface area contributed by atoms with E-state index in [1.54, 1.807) is 12.4 Å². The smallest absolute Gasteiger partial charge is 0.316 e. The van der Waals surface area contributed by atoms with Crippen molar-refractivity contribution in [1.29, 1.82) is 0 Å². The number of halogens is 1. The molecule has 88 valence electrons. The van der Waals surface area contributed by atoms with Crippen LogP contribution in [0.15, 0.2) is 12.4 Å². The van der Waals surface area contributed by atoms with Crippen molar-refractivity contribution in [3.8, 4) is 6.01 Å². The number of nitrogens with zero attached hydrogens (tertiary/aromatic N) is 2. The van der Waals surface area contributed by atoms with Gasteiger partial charge in [0.25, 0.3) is 0 Å². The minimum atomic E-state index is -0.176. The molecule has 4 nitrogen and oxygen atoms in total. The van der Waals surface area contributed by atoms with Gasteiger partial charge >= 0.3 is 6.01 Å². The molecule has 0 spiro atoms. The summed E-state index contributed by atoms with van der Waals surface area (Å²) < 4.78 is 6.56. The van der Waals surface area contributed by atoms with Crippen molar-refractivity contribution in [3.05, 3.63) is 16.0 Å². The van der Waals surface area contributed by atoms with Crippen LogP contribution in [0.4, 0.5) is 0 Å². The second kappa shape index (κ2) is 5.27. The first-order valence-electron chi connectivity index (χ1n) is 5.57. The summed E-state index contributed by atoms with van der Waals surface area (Å²) in [5.41, 5.74) is 6.08. The van der Waals surface area contributed by atoms with Crippen LogP contribution in [0.1, 0.15) is 32.1 Å². The molecule has 2 N–H and O–H groups in total. The quantitative estimate of drug-likeness (QED) is 0.861. The Labute approximate surface area is 109 Å². The van der Waals surface area contributed by atoms with Crippen molar-refractivity contribution in [2.75, 3.05) is 6.61 Å². The maximum absolute atomic E-state index is 6.25. The lowest BCUT2D eigenvalue weighted by Crippen LogP contribution is -2.47.